The summed E-state index contributed by atoms with van der Waals surface area (Å²) >= 11 is 6.89. The second kappa shape index (κ2) is 6.40. The minimum absolute atomic E-state index is 0.135. The van der Waals surface area contributed by atoms with Crippen LogP contribution in [0.2, 0.25) is 0 Å². The van der Waals surface area contributed by atoms with Gasteiger partial charge in [0.1, 0.15) is 0 Å². The Balaban J connectivity index is 2.07. The number of amides is 1. The highest BCUT2D eigenvalue weighted by molar-refractivity contribution is 9.11. The molecule has 0 atom stereocenters. The zero-order valence-electron chi connectivity index (χ0n) is 11.3. The minimum atomic E-state index is 0.135. The number of likely N-dealkylation sites (tertiary alicyclic amines) is 1. The van der Waals surface area contributed by atoms with Crippen molar-refractivity contribution in [2.75, 3.05) is 13.1 Å². The third kappa shape index (κ3) is 3.60. The molecule has 1 aromatic carbocycles. The van der Waals surface area contributed by atoms with E-state index in [1.165, 1.54) is 0 Å². The monoisotopic (exact) mass is 387 g/mol. The van der Waals surface area contributed by atoms with E-state index in [0.29, 0.717) is 0 Å². The van der Waals surface area contributed by atoms with Crippen molar-refractivity contribution in [3.8, 4) is 0 Å². The molecule has 1 aliphatic rings. The van der Waals surface area contributed by atoms with Gasteiger partial charge in [0, 0.05) is 22.0 Å². The number of piperidine rings is 1. The van der Waals surface area contributed by atoms with E-state index in [-0.39, 0.29) is 5.91 Å². The number of nitrogens with zero attached hydrogens (tertiary/aromatic N) is 1. The van der Waals surface area contributed by atoms with E-state index in [0.717, 1.165) is 52.3 Å². The lowest BCUT2D eigenvalue weighted by Crippen LogP contribution is -2.39. The molecule has 1 saturated heterocycles. The number of benzene rings is 1. The first-order valence-electron chi connectivity index (χ1n) is 6.73. The summed E-state index contributed by atoms with van der Waals surface area (Å²) in [5, 5.41) is 0. The summed E-state index contributed by atoms with van der Waals surface area (Å²) in [5.41, 5.74) is 0.748. The van der Waals surface area contributed by atoms with Gasteiger partial charge >= 0.3 is 0 Å². The van der Waals surface area contributed by atoms with Crippen LogP contribution in [0.1, 0.15) is 37.0 Å². The van der Waals surface area contributed by atoms with Crippen molar-refractivity contribution in [1.29, 1.82) is 0 Å². The van der Waals surface area contributed by atoms with Crippen molar-refractivity contribution >= 4 is 37.8 Å². The van der Waals surface area contributed by atoms with Crippen molar-refractivity contribution in [1.82, 2.24) is 4.90 Å². The molecule has 0 spiro atoms. The van der Waals surface area contributed by atoms with Crippen LogP contribution in [-0.4, -0.2) is 23.9 Å². The third-order valence-corrected chi connectivity index (χ3v) is 5.11. The van der Waals surface area contributed by atoms with Gasteiger partial charge in [-0.15, -0.1) is 0 Å². The Bertz CT molecular complexity index is 465. The van der Waals surface area contributed by atoms with E-state index in [9.17, 15) is 4.79 Å². The maximum absolute atomic E-state index is 12.5. The summed E-state index contributed by atoms with van der Waals surface area (Å²) in [4.78, 5) is 14.5. The molecular weight excluding hydrogens is 370 g/mol. The average molecular weight is 389 g/mol. The highest BCUT2D eigenvalue weighted by atomic mass is 79.9. The number of carbonyl (C=O) groups excluding carboxylic acids is 1. The van der Waals surface area contributed by atoms with Gasteiger partial charge in [-0.1, -0.05) is 29.8 Å². The summed E-state index contributed by atoms with van der Waals surface area (Å²) in [6, 6.07) is 5.74. The van der Waals surface area contributed by atoms with Crippen LogP contribution in [0.4, 0.5) is 0 Å². The quantitative estimate of drug-likeness (QED) is 0.717. The van der Waals surface area contributed by atoms with E-state index in [4.69, 9.17) is 0 Å². The van der Waals surface area contributed by atoms with Crippen molar-refractivity contribution in [3.05, 3.63) is 32.7 Å². The van der Waals surface area contributed by atoms with E-state index in [2.05, 4.69) is 45.7 Å². The second-order valence-corrected chi connectivity index (χ2v) is 7.27. The summed E-state index contributed by atoms with van der Waals surface area (Å²) in [6.07, 6.45) is 2.24. The molecule has 0 radical (unpaired) electrons. The molecule has 4 heteroatoms. The first-order valence-corrected chi connectivity index (χ1v) is 8.32. The molecule has 104 valence electrons. The average Bonchev–Trinajstić information content (AvgIpc) is 2.41. The first kappa shape index (κ1) is 15.0. The van der Waals surface area contributed by atoms with Crippen molar-refractivity contribution in [2.24, 2.45) is 11.8 Å². The first-order chi connectivity index (χ1) is 8.99. The highest BCUT2D eigenvalue weighted by Crippen LogP contribution is 2.28. The van der Waals surface area contributed by atoms with Gasteiger partial charge in [-0.2, -0.15) is 0 Å². The summed E-state index contributed by atoms with van der Waals surface area (Å²) < 4.78 is 1.81. The highest BCUT2D eigenvalue weighted by Gasteiger charge is 2.26. The predicted molar refractivity (Wildman–Crippen MR) is 85.3 cm³/mol. The van der Waals surface area contributed by atoms with Gasteiger partial charge in [-0.25, -0.2) is 0 Å². The zero-order chi connectivity index (χ0) is 14.0. The lowest BCUT2D eigenvalue weighted by Gasteiger charge is -2.34. The lowest BCUT2D eigenvalue weighted by atomic mass is 9.86. The van der Waals surface area contributed by atoms with Gasteiger partial charge in [-0.05, 0) is 58.8 Å². The number of hydrogen-bond donors (Lipinski definition) is 0. The molecule has 2 nitrogen and oxygen atoms in total. The summed E-state index contributed by atoms with van der Waals surface area (Å²) in [5.74, 6) is 1.61. The SMILES string of the molecule is CC(C)C1CCN(C(=O)c2cc(Br)ccc2Br)CC1. The van der Waals surface area contributed by atoms with Crippen LogP contribution in [0.25, 0.3) is 0 Å². The molecule has 0 aliphatic carbocycles. The van der Waals surface area contributed by atoms with Gasteiger partial charge in [0.25, 0.3) is 5.91 Å². The van der Waals surface area contributed by atoms with Crippen LogP contribution >= 0.6 is 31.9 Å². The minimum Gasteiger partial charge on any atom is -0.339 e. The molecule has 0 saturated carbocycles. The van der Waals surface area contributed by atoms with Crippen molar-refractivity contribution in [3.63, 3.8) is 0 Å². The molecular formula is C15H19Br2NO. The van der Waals surface area contributed by atoms with Gasteiger partial charge in [0.15, 0.2) is 0 Å². The number of hydrogen-bond acceptors (Lipinski definition) is 1. The molecule has 1 fully saturated rings. The molecule has 1 aliphatic heterocycles. The fourth-order valence-corrected chi connectivity index (χ4v) is 3.38. The molecule has 1 heterocycles. The summed E-state index contributed by atoms with van der Waals surface area (Å²) in [7, 11) is 0. The fraction of sp³-hybridized carbons (Fsp3) is 0.533. The Morgan fingerprint density at radius 2 is 1.89 bits per heavy atom. The largest absolute Gasteiger partial charge is 0.339 e. The van der Waals surface area contributed by atoms with Gasteiger partial charge < -0.3 is 4.90 Å². The maximum Gasteiger partial charge on any atom is 0.255 e. The van der Waals surface area contributed by atoms with Crippen LogP contribution in [0, 0.1) is 11.8 Å². The Morgan fingerprint density at radius 3 is 2.47 bits per heavy atom. The van der Waals surface area contributed by atoms with Crippen LogP contribution in [0.5, 0.6) is 0 Å². The van der Waals surface area contributed by atoms with E-state index >= 15 is 0 Å². The molecule has 0 N–H and O–H groups in total. The molecule has 0 unspecified atom stereocenters. The van der Waals surface area contributed by atoms with Gasteiger partial charge in [-0.3, -0.25) is 4.79 Å². The number of rotatable bonds is 2. The fourth-order valence-electron chi connectivity index (χ4n) is 2.60. The normalized spacial score (nSPS) is 17.0. The molecule has 0 bridgehead atoms. The molecule has 2 rings (SSSR count). The smallest absolute Gasteiger partial charge is 0.255 e. The zero-order valence-corrected chi connectivity index (χ0v) is 14.5. The van der Waals surface area contributed by atoms with Crippen molar-refractivity contribution in [2.45, 2.75) is 26.7 Å². The van der Waals surface area contributed by atoms with Crippen LogP contribution < -0.4 is 0 Å². The second-order valence-electron chi connectivity index (χ2n) is 5.50. The van der Waals surface area contributed by atoms with Gasteiger partial charge in [0.2, 0.25) is 0 Å². The molecule has 0 aromatic heterocycles. The maximum atomic E-state index is 12.5. The Labute approximate surface area is 131 Å². The van der Waals surface area contributed by atoms with Crippen LogP contribution in [0.3, 0.4) is 0 Å². The molecule has 1 aromatic rings. The molecule has 19 heavy (non-hydrogen) atoms. The van der Waals surface area contributed by atoms with Crippen molar-refractivity contribution < 1.29 is 4.79 Å². The Morgan fingerprint density at radius 1 is 1.26 bits per heavy atom. The molecule has 1 amide bonds. The number of carbonyl (C=O) groups is 1. The predicted octanol–water partition coefficient (Wildman–Crippen LogP) is 4.72. The third-order valence-electron chi connectivity index (χ3n) is 3.93. The lowest BCUT2D eigenvalue weighted by molar-refractivity contribution is 0.0666. The number of halogens is 2. The summed E-state index contributed by atoms with van der Waals surface area (Å²) in [6.45, 7) is 6.29. The van der Waals surface area contributed by atoms with Gasteiger partial charge in [0.05, 0.1) is 5.56 Å². The van der Waals surface area contributed by atoms with E-state index in [1.54, 1.807) is 0 Å². The Hall–Kier alpha value is -0.350. The van der Waals surface area contributed by atoms with E-state index < -0.39 is 0 Å². The van der Waals surface area contributed by atoms with Crippen LogP contribution in [0.15, 0.2) is 27.1 Å². The topological polar surface area (TPSA) is 20.3 Å². The van der Waals surface area contributed by atoms with Crippen LogP contribution in [-0.2, 0) is 0 Å². The standard InChI is InChI=1S/C15H19Br2NO/c1-10(2)11-5-7-18(8-6-11)15(19)13-9-12(16)3-4-14(13)17/h3-4,9-11H,5-8H2,1-2H3. The Kier molecular flexibility index (Phi) is 5.07. The van der Waals surface area contributed by atoms with E-state index in [1.807, 2.05) is 23.1 Å².